The van der Waals surface area contributed by atoms with Gasteiger partial charge in [0.15, 0.2) is 11.2 Å². The first-order chi connectivity index (χ1) is 12.1. The fourth-order valence-corrected chi connectivity index (χ4v) is 3.06. The van der Waals surface area contributed by atoms with Crippen molar-refractivity contribution in [2.75, 3.05) is 13.7 Å². The standard InChI is InChI=1S/C16H17N5O3S/c1-4-24-16(22)10(2)25-15-13-14(17-9-18-15)21(20-19-13)11-6-5-7-12(8-11)23-3/h5-10H,4H2,1-3H3/t10-/m0/s1. The lowest BCUT2D eigenvalue weighted by atomic mass is 10.3. The Morgan fingerprint density at radius 1 is 1.36 bits per heavy atom. The quantitative estimate of drug-likeness (QED) is 0.376. The minimum atomic E-state index is -0.403. The van der Waals surface area contributed by atoms with Crippen molar-refractivity contribution in [1.29, 1.82) is 0 Å². The third kappa shape index (κ3) is 3.55. The lowest BCUT2D eigenvalue weighted by molar-refractivity contribution is -0.142. The van der Waals surface area contributed by atoms with Crippen LogP contribution >= 0.6 is 11.8 Å². The molecule has 1 atom stereocenters. The van der Waals surface area contributed by atoms with Crippen LogP contribution < -0.4 is 4.74 Å². The number of thioether (sulfide) groups is 1. The molecule has 0 spiro atoms. The Morgan fingerprint density at radius 3 is 2.96 bits per heavy atom. The molecule has 0 unspecified atom stereocenters. The molecule has 0 amide bonds. The van der Waals surface area contributed by atoms with Gasteiger partial charge in [0.2, 0.25) is 0 Å². The average molecular weight is 359 g/mol. The summed E-state index contributed by atoms with van der Waals surface area (Å²) in [7, 11) is 1.60. The molecule has 0 aliphatic rings. The number of ether oxygens (including phenoxy) is 2. The van der Waals surface area contributed by atoms with Crippen LogP contribution in [0.5, 0.6) is 5.75 Å². The van der Waals surface area contributed by atoms with Crippen molar-refractivity contribution in [1.82, 2.24) is 25.0 Å². The number of nitrogens with zero attached hydrogens (tertiary/aromatic N) is 5. The molecule has 130 valence electrons. The fraction of sp³-hybridized carbons (Fsp3) is 0.312. The molecule has 3 aromatic rings. The van der Waals surface area contributed by atoms with Crippen molar-refractivity contribution in [3.8, 4) is 11.4 Å². The second-order valence-corrected chi connectivity index (χ2v) is 6.40. The molecule has 3 rings (SSSR count). The fourth-order valence-electron chi connectivity index (χ4n) is 2.21. The van der Waals surface area contributed by atoms with Crippen molar-refractivity contribution in [2.45, 2.75) is 24.1 Å². The molecule has 0 radical (unpaired) electrons. The normalized spacial score (nSPS) is 12.1. The Hall–Kier alpha value is -2.68. The molecule has 9 heteroatoms. The van der Waals surface area contributed by atoms with Gasteiger partial charge in [-0.2, -0.15) is 4.68 Å². The summed E-state index contributed by atoms with van der Waals surface area (Å²) in [5, 5.41) is 8.53. The van der Waals surface area contributed by atoms with Crippen LogP contribution in [0.2, 0.25) is 0 Å². The van der Waals surface area contributed by atoms with Crippen LogP contribution in [-0.2, 0) is 9.53 Å². The highest BCUT2D eigenvalue weighted by molar-refractivity contribution is 8.00. The summed E-state index contributed by atoms with van der Waals surface area (Å²) < 4.78 is 11.9. The van der Waals surface area contributed by atoms with Crippen molar-refractivity contribution >= 4 is 28.9 Å². The second kappa shape index (κ2) is 7.47. The molecule has 2 heterocycles. The number of carbonyl (C=O) groups excluding carboxylic acids is 1. The average Bonchev–Trinajstić information content (AvgIpc) is 3.07. The molecular weight excluding hydrogens is 342 g/mol. The van der Waals surface area contributed by atoms with Crippen molar-refractivity contribution in [2.24, 2.45) is 0 Å². The zero-order valence-electron chi connectivity index (χ0n) is 14.0. The van der Waals surface area contributed by atoms with Crippen molar-refractivity contribution in [3.63, 3.8) is 0 Å². The van der Waals surface area contributed by atoms with Crippen LogP contribution in [0.4, 0.5) is 0 Å². The maximum Gasteiger partial charge on any atom is 0.319 e. The highest BCUT2D eigenvalue weighted by atomic mass is 32.2. The number of carbonyl (C=O) groups is 1. The van der Waals surface area contributed by atoms with E-state index in [1.165, 1.54) is 18.1 Å². The molecule has 8 nitrogen and oxygen atoms in total. The zero-order chi connectivity index (χ0) is 17.8. The summed E-state index contributed by atoms with van der Waals surface area (Å²) in [5.41, 5.74) is 1.86. The molecule has 0 aliphatic heterocycles. The first-order valence-corrected chi connectivity index (χ1v) is 8.56. The van der Waals surface area contributed by atoms with Gasteiger partial charge in [-0.25, -0.2) is 9.97 Å². The highest BCUT2D eigenvalue weighted by Crippen LogP contribution is 2.28. The summed E-state index contributed by atoms with van der Waals surface area (Å²) in [6.07, 6.45) is 1.43. The van der Waals surface area contributed by atoms with Crippen LogP contribution in [0, 0.1) is 0 Å². The van der Waals surface area contributed by atoms with Crippen molar-refractivity contribution < 1.29 is 14.3 Å². The van der Waals surface area contributed by atoms with Gasteiger partial charge in [-0.15, -0.1) is 5.10 Å². The Kier molecular flexibility index (Phi) is 5.13. The van der Waals surface area contributed by atoms with Crippen molar-refractivity contribution in [3.05, 3.63) is 30.6 Å². The van der Waals surface area contributed by atoms with Gasteiger partial charge in [0.05, 0.1) is 19.4 Å². The first-order valence-electron chi connectivity index (χ1n) is 7.68. The molecule has 2 aromatic heterocycles. The number of fused-ring (bicyclic) bond motifs is 1. The molecule has 0 saturated heterocycles. The summed E-state index contributed by atoms with van der Waals surface area (Å²) >= 11 is 1.27. The van der Waals surface area contributed by atoms with Gasteiger partial charge < -0.3 is 9.47 Å². The molecule has 0 saturated carbocycles. The third-order valence-electron chi connectivity index (χ3n) is 3.41. The Labute approximate surface area is 148 Å². The molecule has 1 aromatic carbocycles. The predicted molar refractivity (Wildman–Crippen MR) is 93.0 cm³/mol. The lowest BCUT2D eigenvalue weighted by Crippen LogP contribution is -2.16. The maximum atomic E-state index is 11.8. The summed E-state index contributed by atoms with van der Waals surface area (Å²) in [5.74, 6) is 0.417. The molecule has 0 aliphatic carbocycles. The Morgan fingerprint density at radius 2 is 2.20 bits per heavy atom. The molecule has 0 fully saturated rings. The first kappa shape index (κ1) is 17.2. The number of rotatable bonds is 6. The minimum absolute atomic E-state index is 0.292. The monoisotopic (exact) mass is 359 g/mol. The van der Waals surface area contributed by atoms with Gasteiger partial charge in [-0.05, 0) is 26.0 Å². The number of benzene rings is 1. The Balaban J connectivity index is 1.96. The van der Waals surface area contributed by atoms with E-state index in [2.05, 4.69) is 20.3 Å². The molecule has 0 N–H and O–H groups in total. The van der Waals surface area contributed by atoms with Crippen LogP contribution in [0.1, 0.15) is 13.8 Å². The van der Waals surface area contributed by atoms with Crippen LogP contribution in [-0.4, -0.2) is 49.9 Å². The second-order valence-electron chi connectivity index (χ2n) is 5.07. The van der Waals surface area contributed by atoms with E-state index >= 15 is 0 Å². The van der Waals surface area contributed by atoms with Gasteiger partial charge in [0, 0.05) is 6.07 Å². The lowest BCUT2D eigenvalue weighted by Gasteiger charge is -2.09. The molecule has 0 bridgehead atoms. The summed E-state index contributed by atoms with van der Waals surface area (Å²) in [6, 6.07) is 7.43. The van der Waals surface area contributed by atoms with Gasteiger partial charge >= 0.3 is 5.97 Å². The molecule has 25 heavy (non-hydrogen) atoms. The SMILES string of the molecule is CCOC(=O)[C@H](C)Sc1ncnc2c1nnn2-c1cccc(OC)c1. The van der Waals surface area contributed by atoms with E-state index in [1.807, 2.05) is 24.3 Å². The van der Waals surface area contributed by atoms with E-state index in [-0.39, 0.29) is 5.97 Å². The largest absolute Gasteiger partial charge is 0.497 e. The summed E-state index contributed by atoms with van der Waals surface area (Å²) in [6.45, 7) is 3.88. The van der Waals surface area contributed by atoms with Gasteiger partial charge in [0.25, 0.3) is 0 Å². The Bertz CT molecular complexity index is 898. The third-order valence-corrected chi connectivity index (χ3v) is 4.48. The van der Waals surface area contributed by atoms with Gasteiger partial charge in [0.1, 0.15) is 22.4 Å². The van der Waals surface area contributed by atoms with E-state index in [4.69, 9.17) is 9.47 Å². The minimum Gasteiger partial charge on any atom is -0.497 e. The zero-order valence-corrected chi connectivity index (χ0v) is 14.9. The number of methoxy groups -OCH3 is 1. The van der Waals surface area contributed by atoms with Crippen LogP contribution in [0.15, 0.2) is 35.6 Å². The maximum absolute atomic E-state index is 11.8. The van der Waals surface area contributed by atoms with E-state index in [9.17, 15) is 4.79 Å². The molecular formula is C16H17N5O3S. The smallest absolute Gasteiger partial charge is 0.319 e. The van der Waals surface area contributed by atoms with E-state index in [0.717, 1.165) is 5.69 Å². The van der Waals surface area contributed by atoms with Crippen LogP contribution in [0.25, 0.3) is 16.9 Å². The predicted octanol–water partition coefficient (Wildman–Crippen LogP) is 2.26. The van der Waals surface area contributed by atoms with E-state index in [0.29, 0.717) is 28.5 Å². The van der Waals surface area contributed by atoms with Gasteiger partial charge in [-0.3, -0.25) is 4.79 Å². The topological polar surface area (TPSA) is 92.0 Å². The number of hydrogen-bond donors (Lipinski definition) is 0. The van der Waals surface area contributed by atoms with Gasteiger partial charge in [-0.1, -0.05) is 23.0 Å². The number of aromatic nitrogens is 5. The summed E-state index contributed by atoms with van der Waals surface area (Å²) in [4.78, 5) is 20.4. The number of hydrogen-bond acceptors (Lipinski definition) is 8. The van der Waals surface area contributed by atoms with Crippen LogP contribution in [0.3, 0.4) is 0 Å². The van der Waals surface area contributed by atoms with E-state index in [1.54, 1.807) is 25.6 Å². The number of esters is 1. The van der Waals surface area contributed by atoms with E-state index < -0.39 is 5.25 Å². The highest BCUT2D eigenvalue weighted by Gasteiger charge is 2.20.